The number of fused-ring (bicyclic) bond motifs is 1. The molecule has 1 N–H and O–H groups in total. The lowest BCUT2D eigenvalue weighted by Crippen LogP contribution is -2.30. The smallest absolute Gasteiger partial charge is 0.254 e. The van der Waals surface area contributed by atoms with Crippen LogP contribution in [0.3, 0.4) is 0 Å². The molecule has 0 radical (unpaired) electrons. The fraction of sp³-hybridized carbons (Fsp3) is 0.150. The molecule has 0 aliphatic carbocycles. The molecular weight excluding hydrogens is 326 g/mol. The Morgan fingerprint density at radius 1 is 1.12 bits per heavy atom. The SMILES string of the molecule is CN(CCn1ccc2ccccc21)C(=O)c1ccccc1-c1ncn[nH]1. The molecule has 0 spiro atoms. The van der Waals surface area contributed by atoms with Gasteiger partial charge in [0.1, 0.15) is 6.33 Å². The number of hydrogen-bond acceptors (Lipinski definition) is 3. The van der Waals surface area contributed by atoms with Crippen LogP contribution in [-0.2, 0) is 6.54 Å². The number of likely N-dealkylation sites (N-methyl/N-ethyl adjacent to an activating group) is 1. The van der Waals surface area contributed by atoms with Gasteiger partial charge >= 0.3 is 0 Å². The van der Waals surface area contributed by atoms with Crippen LogP contribution >= 0.6 is 0 Å². The minimum atomic E-state index is -0.0338. The van der Waals surface area contributed by atoms with Crippen molar-refractivity contribution in [2.24, 2.45) is 0 Å². The second-order valence-electron chi connectivity index (χ2n) is 6.17. The van der Waals surface area contributed by atoms with Crippen molar-refractivity contribution in [2.75, 3.05) is 13.6 Å². The highest BCUT2D eigenvalue weighted by atomic mass is 16.2. The van der Waals surface area contributed by atoms with Gasteiger partial charge in [-0.3, -0.25) is 9.89 Å². The molecule has 2 heterocycles. The van der Waals surface area contributed by atoms with E-state index in [-0.39, 0.29) is 5.91 Å². The normalized spacial score (nSPS) is 11.0. The summed E-state index contributed by atoms with van der Waals surface area (Å²) in [6.45, 7) is 1.35. The van der Waals surface area contributed by atoms with E-state index in [4.69, 9.17) is 0 Å². The van der Waals surface area contributed by atoms with Crippen LogP contribution in [0.4, 0.5) is 0 Å². The van der Waals surface area contributed by atoms with E-state index in [9.17, 15) is 4.79 Å². The largest absolute Gasteiger partial charge is 0.346 e. The van der Waals surface area contributed by atoms with Crippen LogP contribution < -0.4 is 0 Å². The van der Waals surface area contributed by atoms with Gasteiger partial charge in [-0.1, -0.05) is 36.4 Å². The molecule has 0 aliphatic rings. The summed E-state index contributed by atoms with van der Waals surface area (Å²) in [5.41, 5.74) is 2.55. The van der Waals surface area contributed by atoms with Crippen molar-refractivity contribution in [3.63, 3.8) is 0 Å². The Balaban J connectivity index is 1.52. The van der Waals surface area contributed by atoms with Crippen molar-refractivity contribution in [2.45, 2.75) is 6.54 Å². The van der Waals surface area contributed by atoms with E-state index in [0.29, 0.717) is 17.9 Å². The highest BCUT2D eigenvalue weighted by molar-refractivity contribution is 6.00. The Bertz CT molecular complexity index is 1040. The predicted octanol–water partition coefficient (Wildman–Crippen LogP) is 3.20. The van der Waals surface area contributed by atoms with E-state index < -0.39 is 0 Å². The van der Waals surface area contributed by atoms with Crippen LogP contribution in [0, 0.1) is 0 Å². The lowest BCUT2D eigenvalue weighted by molar-refractivity contribution is 0.0791. The summed E-state index contributed by atoms with van der Waals surface area (Å²) in [5, 5.41) is 7.91. The molecule has 0 bridgehead atoms. The maximum Gasteiger partial charge on any atom is 0.254 e. The van der Waals surface area contributed by atoms with Crippen LogP contribution in [0.25, 0.3) is 22.3 Å². The number of benzene rings is 2. The second-order valence-corrected chi connectivity index (χ2v) is 6.17. The molecule has 2 aromatic carbocycles. The van der Waals surface area contributed by atoms with Crippen molar-refractivity contribution in [1.29, 1.82) is 0 Å². The highest BCUT2D eigenvalue weighted by Gasteiger charge is 2.17. The van der Waals surface area contributed by atoms with Gasteiger partial charge in [0, 0.05) is 37.4 Å². The Labute approximate surface area is 151 Å². The first-order chi connectivity index (χ1) is 12.7. The molecule has 4 rings (SSSR count). The molecule has 0 saturated heterocycles. The number of rotatable bonds is 5. The number of carbonyl (C=O) groups is 1. The molecule has 0 fully saturated rings. The van der Waals surface area contributed by atoms with Gasteiger partial charge in [0.15, 0.2) is 5.82 Å². The number of amides is 1. The van der Waals surface area contributed by atoms with Crippen molar-refractivity contribution in [3.05, 3.63) is 72.7 Å². The van der Waals surface area contributed by atoms with Gasteiger partial charge in [0.05, 0.1) is 5.56 Å². The number of para-hydroxylation sites is 1. The second kappa shape index (κ2) is 6.84. The average Bonchev–Trinajstić information content (AvgIpc) is 3.35. The molecule has 6 heteroatoms. The Hall–Kier alpha value is -3.41. The van der Waals surface area contributed by atoms with Crippen molar-refractivity contribution >= 4 is 16.8 Å². The molecule has 4 aromatic rings. The molecule has 26 heavy (non-hydrogen) atoms. The summed E-state index contributed by atoms with van der Waals surface area (Å²) >= 11 is 0. The van der Waals surface area contributed by atoms with E-state index in [0.717, 1.165) is 12.1 Å². The summed E-state index contributed by atoms with van der Waals surface area (Å²) in [6.07, 6.45) is 3.50. The zero-order valence-corrected chi connectivity index (χ0v) is 14.5. The average molecular weight is 345 g/mol. The van der Waals surface area contributed by atoms with E-state index in [2.05, 4.69) is 44.1 Å². The predicted molar refractivity (Wildman–Crippen MR) is 101 cm³/mol. The van der Waals surface area contributed by atoms with Gasteiger partial charge in [0.25, 0.3) is 5.91 Å². The van der Waals surface area contributed by atoms with E-state index in [1.54, 1.807) is 4.90 Å². The van der Waals surface area contributed by atoms with E-state index in [1.165, 1.54) is 17.2 Å². The molecule has 130 valence electrons. The van der Waals surface area contributed by atoms with Crippen molar-refractivity contribution in [1.82, 2.24) is 24.6 Å². The molecule has 0 atom stereocenters. The molecule has 0 saturated carbocycles. The molecule has 1 amide bonds. The number of hydrogen-bond donors (Lipinski definition) is 1. The summed E-state index contributed by atoms with van der Waals surface area (Å²) in [6, 6.07) is 17.8. The summed E-state index contributed by atoms with van der Waals surface area (Å²) in [5.74, 6) is 0.562. The molecule has 6 nitrogen and oxygen atoms in total. The zero-order chi connectivity index (χ0) is 17.9. The third-order valence-electron chi connectivity index (χ3n) is 4.53. The first-order valence-corrected chi connectivity index (χ1v) is 8.48. The van der Waals surface area contributed by atoms with Crippen LogP contribution in [0.2, 0.25) is 0 Å². The summed E-state index contributed by atoms with van der Waals surface area (Å²) < 4.78 is 2.17. The number of H-pyrrole nitrogens is 1. The van der Waals surface area contributed by atoms with Gasteiger partial charge in [-0.25, -0.2) is 4.98 Å². The van der Waals surface area contributed by atoms with Gasteiger partial charge < -0.3 is 9.47 Å². The van der Waals surface area contributed by atoms with Crippen LogP contribution in [-0.4, -0.2) is 44.1 Å². The number of nitrogens with one attached hydrogen (secondary N) is 1. The third kappa shape index (κ3) is 2.97. The standard InChI is InChI=1S/C20H19N5O/c1-24(12-13-25-11-10-15-6-2-5-9-18(15)25)20(26)17-8-4-3-7-16(17)19-21-14-22-23-19/h2-11,14H,12-13H2,1H3,(H,21,22,23). The fourth-order valence-corrected chi connectivity index (χ4v) is 3.11. The minimum Gasteiger partial charge on any atom is -0.346 e. The monoisotopic (exact) mass is 345 g/mol. The third-order valence-corrected chi connectivity index (χ3v) is 4.53. The van der Waals surface area contributed by atoms with Crippen molar-refractivity contribution in [3.8, 4) is 11.4 Å². The van der Waals surface area contributed by atoms with E-state index in [1.807, 2.05) is 43.4 Å². The lowest BCUT2D eigenvalue weighted by atomic mass is 10.1. The summed E-state index contributed by atoms with van der Waals surface area (Å²) in [4.78, 5) is 18.8. The molecule has 2 aromatic heterocycles. The maximum atomic E-state index is 12.9. The highest BCUT2D eigenvalue weighted by Crippen LogP contribution is 2.21. The topological polar surface area (TPSA) is 66.8 Å². The molecular formula is C20H19N5O. The number of carbonyl (C=O) groups excluding carboxylic acids is 1. The number of aromatic amines is 1. The molecule has 0 unspecified atom stereocenters. The Morgan fingerprint density at radius 3 is 2.77 bits per heavy atom. The maximum absolute atomic E-state index is 12.9. The zero-order valence-electron chi connectivity index (χ0n) is 14.5. The van der Waals surface area contributed by atoms with Crippen LogP contribution in [0.1, 0.15) is 10.4 Å². The fourth-order valence-electron chi connectivity index (χ4n) is 3.11. The summed E-state index contributed by atoms with van der Waals surface area (Å²) in [7, 11) is 1.82. The Morgan fingerprint density at radius 2 is 1.92 bits per heavy atom. The quantitative estimate of drug-likeness (QED) is 0.604. The van der Waals surface area contributed by atoms with Crippen molar-refractivity contribution < 1.29 is 4.79 Å². The first kappa shape index (κ1) is 16.1. The van der Waals surface area contributed by atoms with Crippen LogP contribution in [0.5, 0.6) is 0 Å². The van der Waals surface area contributed by atoms with Gasteiger partial charge in [-0.2, -0.15) is 5.10 Å². The van der Waals surface area contributed by atoms with Gasteiger partial charge in [-0.15, -0.1) is 0 Å². The van der Waals surface area contributed by atoms with Crippen LogP contribution in [0.15, 0.2) is 67.1 Å². The number of aromatic nitrogens is 4. The minimum absolute atomic E-state index is 0.0338. The van der Waals surface area contributed by atoms with Gasteiger partial charge in [0.2, 0.25) is 0 Å². The van der Waals surface area contributed by atoms with Gasteiger partial charge in [-0.05, 0) is 23.6 Å². The number of nitrogens with zero attached hydrogens (tertiary/aromatic N) is 4. The Kier molecular flexibility index (Phi) is 4.23. The molecule has 0 aliphatic heterocycles. The lowest BCUT2D eigenvalue weighted by Gasteiger charge is -2.19. The van der Waals surface area contributed by atoms with E-state index >= 15 is 0 Å². The first-order valence-electron chi connectivity index (χ1n) is 8.48.